The second-order valence-corrected chi connectivity index (χ2v) is 33.1. The predicted octanol–water partition coefficient (Wildman–Crippen LogP) is 13.7. The van der Waals surface area contributed by atoms with Crippen LogP contribution in [0.2, 0.25) is 10.0 Å². The van der Waals surface area contributed by atoms with Crippen molar-refractivity contribution in [3.8, 4) is 11.8 Å². The molecule has 6 aliphatic rings. The van der Waals surface area contributed by atoms with Gasteiger partial charge in [-0.1, -0.05) is 142 Å². The lowest BCUT2D eigenvalue weighted by molar-refractivity contribution is -0.146. The molecule has 4 aliphatic carbocycles. The monoisotopic (exact) mass is 1440 g/mol. The number of likely N-dealkylation sites (tertiary alicyclic amines) is 2. The molecule has 0 bridgehead atoms. The number of nitrogens with two attached hydrogens (primary N) is 1. The van der Waals surface area contributed by atoms with Gasteiger partial charge in [-0.3, -0.25) is 38.4 Å². The van der Waals surface area contributed by atoms with Gasteiger partial charge < -0.3 is 45.0 Å². The van der Waals surface area contributed by atoms with Crippen LogP contribution in [0.3, 0.4) is 0 Å². The minimum atomic E-state index is -1.23. The van der Waals surface area contributed by atoms with Crippen LogP contribution in [0, 0.1) is 58.2 Å². The van der Waals surface area contributed by atoms with Gasteiger partial charge in [0.05, 0.1) is 47.3 Å². The molecule has 10 rings (SSSR count). The van der Waals surface area contributed by atoms with Crippen molar-refractivity contribution in [2.24, 2.45) is 63.9 Å². The van der Waals surface area contributed by atoms with E-state index in [1.165, 1.54) is 12.4 Å². The Morgan fingerprint density at radius 1 is 0.584 bits per heavy atom. The van der Waals surface area contributed by atoms with Crippen molar-refractivity contribution in [1.82, 2.24) is 24.8 Å². The summed E-state index contributed by atoms with van der Waals surface area (Å²) in [4.78, 5) is 128. The molecule has 1 aromatic carbocycles. The molecule has 2 aliphatic heterocycles. The first-order valence-electron chi connectivity index (χ1n) is 37.7. The van der Waals surface area contributed by atoms with Crippen molar-refractivity contribution in [3.63, 3.8) is 0 Å². The van der Waals surface area contributed by atoms with Crippen molar-refractivity contribution >= 4 is 86.8 Å². The number of nitrogens with zero attached hydrogens (tertiary/aromatic N) is 5. The van der Waals surface area contributed by atoms with Gasteiger partial charge in [0.2, 0.25) is 23.6 Å². The fourth-order valence-electron chi connectivity index (χ4n) is 15.7. The zero-order valence-corrected chi connectivity index (χ0v) is 62.3. The van der Waals surface area contributed by atoms with Crippen molar-refractivity contribution in [3.05, 3.63) is 71.0 Å². The average Bonchev–Trinajstić information content (AvgIpc) is 1.49. The highest BCUT2D eigenvalue weighted by atomic mass is 35.5. The summed E-state index contributed by atoms with van der Waals surface area (Å²) >= 11 is 12.1. The Balaban J connectivity index is 0.000000239. The predicted molar refractivity (Wildman–Crippen MR) is 388 cm³/mol. The number of hydrogen-bond donors (Lipinski definition) is 4. The number of aliphatic hydroxyl groups is 2. The molecule has 0 radical (unpaired) electrons. The number of anilines is 1. The van der Waals surface area contributed by atoms with Crippen molar-refractivity contribution in [1.29, 1.82) is 0 Å². The molecule has 2 amide bonds. The van der Waals surface area contributed by atoms with Crippen LogP contribution in [0.4, 0.5) is 6.01 Å². The second kappa shape index (κ2) is 36.0. The van der Waals surface area contributed by atoms with Gasteiger partial charge in [-0.2, -0.15) is 4.98 Å². The third-order valence-electron chi connectivity index (χ3n) is 22.1. The van der Waals surface area contributed by atoms with E-state index in [-0.39, 0.29) is 116 Å². The number of ether oxygens (including phenoxy) is 2. The van der Waals surface area contributed by atoms with Crippen LogP contribution in [0.15, 0.2) is 65.3 Å². The summed E-state index contributed by atoms with van der Waals surface area (Å²) in [6.45, 7) is 15.9. The number of pyridine rings is 2. The number of benzene rings is 1. The summed E-state index contributed by atoms with van der Waals surface area (Å²) < 4.78 is 18.4. The standard InChI is InChI=1S/C43H57ClN4O7.C36H54ClN3O6/c1-5-11-28(40(52)36(51)20-26-16-17-26)21-34(49)33-22-30(54-38-19-18-29(44)24-45-38)25-48(33)41(53)31(43(2,3)4)23-35(50)39(27-12-7-6-8-13-27)47-42-46-32-14-9-10-15-37(32)55-42;1-5-9-24(34(44)31(43)16-22-12-13-22)17-29(41)28-18-26(46-32-15-14-25(37)20-39-32)21-40(28)35(45)27(36(2,3)4)19-30(42)33(38)23-10-7-6-8-11-23/h9-10,14-15,18-19,24,26-28,30-31,33,39-40,52H,5-8,11-13,16-17,20-23,25H2,1-4H3,(H,46,47);14-15,20,22-24,26-28,33-34,44H,5-13,16-19,21,38H2,1-4H3/t28-,30-,31-,33+,39+,40?;24-,26-,27-,28+,33+,34?/m11/s1. The lowest BCUT2D eigenvalue weighted by Gasteiger charge is -2.36. The zero-order valence-electron chi connectivity index (χ0n) is 60.8. The van der Waals surface area contributed by atoms with Crippen molar-refractivity contribution < 1.29 is 62.5 Å². The Morgan fingerprint density at radius 3 is 1.43 bits per heavy atom. The largest absolute Gasteiger partial charge is 0.472 e. The van der Waals surface area contributed by atoms with Gasteiger partial charge in [0.25, 0.3) is 6.01 Å². The van der Waals surface area contributed by atoms with Gasteiger partial charge in [0.15, 0.2) is 40.3 Å². The molecule has 2 saturated heterocycles. The SMILES string of the molecule is CCC[C@H](CC(=O)[C@@H]1C[C@@H](Oc2ccc(Cl)cn2)CN1C(=O)[C@@H](CC(=O)[C@@H](N)C1CCCCC1)C(C)(C)C)C(O)C(=O)CC1CC1.CCC[C@H](CC(=O)[C@@H]1C[C@@H](Oc2ccc(Cl)cn2)CN1C(=O)[C@@H](CC(=O)[C@@H](Nc1nc2ccccc2o1)C1CCCCC1)C(C)(C)C)C(O)C(=O)CC1CC1. The Kier molecular flexibility index (Phi) is 28.1. The number of carbonyl (C=O) groups excluding carboxylic acids is 8. The molecule has 5 N–H and O–H groups in total. The molecule has 101 heavy (non-hydrogen) atoms. The highest BCUT2D eigenvalue weighted by Crippen LogP contribution is 2.41. The molecular weight excluding hydrogens is 1330 g/mol. The number of ketones is 6. The number of para-hydroxylation sites is 2. The van der Waals surface area contributed by atoms with Gasteiger partial charge in [0, 0.05) is 87.7 Å². The third kappa shape index (κ3) is 22.2. The molecule has 22 heteroatoms. The number of carbonyl (C=O) groups is 8. The van der Waals surface area contributed by atoms with Crippen LogP contribution in [0.1, 0.15) is 222 Å². The first-order chi connectivity index (χ1) is 48.1. The highest BCUT2D eigenvalue weighted by molar-refractivity contribution is 6.30. The zero-order chi connectivity index (χ0) is 72.9. The van der Waals surface area contributed by atoms with E-state index in [4.69, 9.17) is 42.8 Å². The fraction of sp³-hybridized carbons (Fsp3) is 0.684. The molecule has 12 atom stereocenters. The van der Waals surface area contributed by atoms with Crippen LogP contribution in [-0.4, -0.2) is 143 Å². The number of aromatic nitrogens is 3. The third-order valence-corrected chi connectivity index (χ3v) is 22.5. The molecular formula is C79H111Cl2N7O13. The van der Waals surface area contributed by atoms with Gasteiger partial charge >= 0.3 is 0 Å². The van der Waals surface area contributed by atoms with Crippen molar-refractivity contribution in [2.75, 3.05) is 18.4 Å². The van der Waals surface area contributed by atoms with E-state index in [2.05, 4.69) is 20.3 Å². The maximum atomic E-state index is 14.9. The van der Waals surface area contributed by atoms with E-state index in [0.717, 1.165) is 89.9 Å². The number of halogens is 2. The molecule has 4 aromatic rings. The highest BCUT2D eigenvalue weighted by Gasteiger charge is 2.50. The minimum Gasteiger partial charge on any atom is -0.472 e. The fourth-order valence-corrected chi connectivity index (χ4v) is 15.9. The van der Waals surface area contributed by atoms with Crippen LogP contribution in [0.5, 0.6) is 11.8 Å². The first kappa shape index (κ1) is 78.9. The first-order valence-corrected chi connectivity index (χ1v) is 38.4. The Morgan fingerprint density at radius 2 is 1.02 bits per heavy atom. The number of amides is 2. The smallest absolute Gasteiger partial charge is 0.296 e. The maximum absolute atomic E-state index is 14.9. The lowest BCUT2D eigenvalue weighted by Crippen LogP contribution is -2.49. The Bertz CT molecular complexity index is 3410. The second-order valence-electron chi connectivity index (χ2n) is 32.3. The summed E-state index contributed by atoms with van der Waals surface area (Å²) in [6.07, 6.45) is 17.0. The van der Waals surface area contributed by atoms with Gasteiger partial charge in [-0.05, 0) is 135 Å². The van der Waals surface area contributed by atoms with E-state index in [0.29, 0.717) is 83.3 Å². The van der Waals surface area contributed by atoms with E-state index < -0.39 is 83.1 Å². The normalized spacial score (nSPS) is 22.4. The maximum Gasteiger partial charge on any atom is 0.296 e. The van der Waals surface area contributed by atoms with E-state index >= 15 is 0 Å². The molecule has 2 unspecified atom stereocenters. The number of aliphatic hydroxyl groups excluding tert-OH is 2. The van der Waals surface area contributed by atoms with E-state index in [9.17, 15) is 48.6 Å². The van der Waals surface area contributed by atoms with E-state index in [1.807, 2.05) is 79.7 Å². The summed E-state index contributed by atoms with van der Waals surface area (Å²) in [5, 5.41) is 26.4. The van der Waals surface area contributed by atoms with Gasteiger partial charge in [-0.15, -0.1) is 0 Å². The summed E-state index contributed by atoms with van der Waals surface area (Å²) in [5.41, 5.74) is 6.60. The topological polar surface area (TPSA) is 292 Å². The Labute approximate surface area is 606 Å². The molecule has 554 valence electrons. The van der Waals surface area contributed by atoms with Gasteiger partial charge in [-0.25, -0.2) is 9.97 Å². The molecule has 3 aromatic heterocycles. The van der Waals surface area contributed by atoms with E-state index in [1.54, 1.807) is 34.1 Å². The summed E-state index contributed by atoms with van der Waals surface area (Å²) in [5.74, 6) is -2.63. The van der Waals surface area contributed by atoms with Crippen LogP contribution >= 0.6 is 23.2 Å². The summed E-state index contributed by atoms with van der Waals surface area (Å²) in [6, 6.07) is 11.5. The van der Waals surface area contributed by atoms with Crippen LogP contribution in [0.25, 0.3) is 11.1 Å². The lowest BCUT2D eigenvalue weighted by atomic mass is 9.74. The van der Waals surface area contributed by atoms with Crippen molar-refractivity contribution in [2.45, 2.75) is 271 Å². The molecule has 6 fully saturated rings. The molecule has 0 spiro atoms. The number of fused-ring (bicyclic) bond motifs is 1. The number of nitrogens with one attached hydrogen (secondary N) is 1. The van der Waals surface area contributed by atoms with Gasteiger partial charge in [0.1, 0.15) is 29.9 Å². The quantitative estimate of drug-likeness (QED) is 0.0338. The molecule has 5 heterocycles. The number of rotatable bonds is 34. The number of Topliss-reactive ketones (excluding diaryl/α,β-unsaturated/α-hetero) is 6. The minimum absolute atomic E-state index is 0.00845. The Hall–Kier alpha value is -6.19. The number of oxazole rings is 1. The van der Waals surface area contributed by atoms with Crippen LogP contribution in [-0.2, 0) is 38.4 Å². The molecule has 4 saturated carbocycles. The van der Waals surface area contributed by atoms with Crippen LogP contribution < -0.4 is 20.5 Å². The average molecular weight is 1440 g/mol. The molecule has 20 nitrogen and oxygen atoms in total. The number of hydrogen-bond acceptors (Lipinski definition) is 18. The summed E-state index contributed by atoms with van der Waals surface area (Å²) in [7, 11) is 0.